The smallest absolute Gasteiger partial charge is 0.246 e. The Bertz CT molecular complexity index is 3260. The van der Waals surface area contributed by atoms with Gasteiger partial charge in [-0.3, -0.25) is 24.0 Å². The number of β-amino-alcohol motifs (C(OH)–C–C–N with tert-alkyl or cyclic N) is 1. The minimum Gasteiger partial charge on any atom is -0.495 e. The zero-order valence-electron chi connectivity index (χ0n) is 50.4. The topological polar surface area (TPSA) is 228 Å². The zero-order valence-corrected chi connectivity index (χ0v) is 52.8. The number of hydrogen-bond acceptors (Lipinski definition) is 15. The largest absolute Gasteiger partial charge is 0.495 e. The molecule has 468 valence electrons. The van der Waals surface area contributed by atoms with E-state index in [1.54, 1.807) is 17.4 Å². The fourth-order valence-corrected chi connectivity index (χ4v) is 12.4. The standard InChI is InChI=1S/C65H78Cl2F2N6O11S/c1-39-59(87-38-71-39)41-17-14-40(15-18-41)16-23-52(78)50-33-44(76)35-75(50)62(81)60(64(5,6)7)74-55(79)36-86-30-29-85-28-27-84-26-25-83-24-10-13-51(77)42-19-22-49(53(31-42)82-8)72-61(80)58-56(45-11-9-12-47(67)57(45)69)65(37-70,54(73-58)34-63(2,3)4)46-21-20-43(66)32-48(46)68/h9,11-12,14-15,17-22,31-32,38,44,50,54,56,58,60,73,76H,10,13,16,23-30,33-36H2,1-8H3,(H,72,80)(H,74,79)/t44-,50+,54+,56?,58-,60-,65+/m1/s1. The lowest BCUT2D eigenvalue weighted by molar-refractivity contribution is -0.144. The number of ketones is 2. The molecule has 87 heavy (non-hydrogen) atoms. The van der Waals surface area contributed by atoms with Crippen molar-refractivity contribution in [3.05, 3.63) is 134 Å². The van der Waals surface area contributed by atoms with Crippen LogP contribution in [0.2, 0.25) is 10.0 Å². The third kappa shape index (κ3) is 17.5. The maximum Gasteiger partial charge on any atom is 0.246 e. The summed E-state index contributed by atoms with van der Waals surface area (Å²) in [6.45, 7) is 14.6. The number of carbonyl (C=O) groups excluding carboxylic acids is 5. The lowest BCUT2D eigenvalue weighted by Crippen LogP contribution is -2.57. The molecule has 0 saturated carbocycles. The van der Waals surface area contributed by atoms with Gasteiger partial charge in [0.1, 0.15) is 35.4 Å². The Balaban J connectivity index is 0.795. The van der Waals surface area contributed by atoms with E-state index in [1.807, 2.05) is 78.2 Å². The lowest BCUT2D eigenvalue weighted by Gasteiger charge is -2.37. The molecule has 7 atom stereocenters. The number of likely N-dealkylation sites (tertiary alicyclic amines) is 1. The number of ether oxygens (including phenoxy) is 5. The highest BCUT2D eigenvalue weighted by atomic mass is 35.5. The number of hydrogen-bond donors (Lipinski definition) is 4. The van der Waals surface area contributed by atoms with Crippen LogP contribution in [-0.4, -0.2) is 141 Å². The number of anilines is 1. The fraction of sp³-hybridized carbons (Fsp3) is 0.492. The van der Waals surface area contributed by atoms with Crippen LogP contribution in [0.1, 0.15) is 112 Å². The van der Waals surface area contributed by atoms with Crippen LogP contribution < -0.4 is 20.7 Å². The van der Waals surface area contributed by atoms with Crippen molar-refractivity contribution in [1.82, 2.24) is 20.5 Å². The van der Waals surface area contributed by atoms with E-state index in [4.69, 9.17) is 46.9 Å². The number of aliphatic hydroxyl groups excluding tert-OH is 1. The molecule has 4 N–H and O–H groups in total. The van der Waals surface area contributed by atoms with Crippen molar-refractivity contribution < 1.29 is 61.5 Å². The molecule has 7 rings (SSSR count). The number of Topliss-reactive ketones (excluding diaryl/α,β-unsaturated/α-hetero) is 2. The molecule has 3 heterocycles. The van der Waals surface area contributed by atoms with Crippen molar-refractivity contribution in [2.24, 2.45) is 10.8 Å². The molecular weight excluding hydrogens is 1180 g/mol. The van der Waals surface area contributed by atoms with Crippen molar-refractivity contribution >= 4 is 69.5 Å². The van der Waals surface area contributed by atoms with Gasteiger partial charge in [0.25, 0.3) is 0 Å². The van der Waals surface area contributed by atoms with Gasteiger partial charge >= 0.3 is 0 Å². The summed E-state index contributed by atoms with van der Waals surface area (Å²) in [7, 11) is 1.38. The van der Waals surface area contributed by atoms with Crippen LogP contribution >= 0.6 is 34.5 Å². The van der Waals surface area contributed by atoms with Crippen LogP contribution in [-0.2, 0) is 50.0 Å². The van der Waals surface area contributed by atoms with E-state index in [-0.39, 0.29) is 129 Å². The maximum atomic E-state index is 16.2. The number of amides is 3. The van der Waals surface area contributed by atoms with E-state index >= 15 is 8.78 Å². The highest BCUT2D eigenvalue weighted by Crippen LogP contribution is 2.53. The van der Waals surface area contributed by atoms with Crippen molar-refractivity contribution in [1.29, 1.82) is 5.26 Å². The second-order valence-electron chi connectivity index (χ2n) is 24.2. The van der Waals surface area contributed by atoms with Crippen LogP contribution in [0.5, 0.6) is 5.75 Å². The van der Waals surface area contributed by atoms with E-state index in [2.05, 4.69) is 27.0 Å². The summed E-state index contributed by atoms with van der Waals surface area (Å²) in [6.07, 6.45) is 0.774. The Hall–Kier alpha value is -6.25. The normalized spacial score (nSPS) is 19.8. The van der Waals surface area contributed by atoms with Crippen LogP contribution in [0.3, 0.4) is 0 Å². The number of nitrogens with zero attached hydrogens (tertiary/aromatic N) is 3. The SMILES string of the molecule is COc1cc(C(=O)CCCOCCOCCOCCOCC(=O)N[C@H](C(=O)N2C[C@H](O)C[C@H]2C(=O)CCc2ccc(-c3scnc3C)cc2)C(C)(C)C)ccc1NC(=O)[C@@H]1N[C@@H](CC(C)(C)C)[C@](C#N)(c2ccc(Cl)cc2F)C1c1cccc(Cl)c1F. The fourth-order valence-electron chi connectivity index (χ4n) is 11.3. The van der Waals surface area contributed by atoms with Gasteiger partial charge in [0, 0.05) is 60.5 Å². The third-order valence-electron chi connectivity index (χ3n) is 15.5. The number of methoxy groups -OCH3 is 1. The second-order valence-corrected chi connectivity index (χ2v) is 25.9. The minimum absolute atomic E-state index is 0.00888. The lowest BCUT2D eigenvalue weighted by atomic mass is 9.62. The highest BCUT2D eigenvalue weighted by molar-refractivity contribution is 7.13. The van der Waals surface area contributed by atoms with Gasteiger partial charge in [0.2, 0.25) is 17.7 Å². The molecule has 2 aliphatic heterocycles. The van der Waals surface area contributed by atoms with Crippen LogP contribution in [0.4, 0.5) is 14.5 Å². The number of aliphatic hydroxyl groups is 1. The summed E-state index contributed by atoms with van der Waals surface area (Å²) < 4.78 is 60.3. The van der Waals surface area contributed by atoms with Crippen molar-refractivity contribution in [3.63, 3.8) is 0 Å². The Morgan fingerprint density at radius 1 is 0.897 bits per heavy atom. The Morgan fingerprint density at radius 3 is 2.20 bits per heavy atom. The molecule has 1 aromatic heterocycles. The molecule has 1 unspecified atom stereocenters. The van der Waals surface area contributed by atoms with Gasteiger partial charge in [0.15, 0.2) is 11.6 Å². The van der Waals surface area contributed by atoms with Crippen LogP contribution in [0.15, 0.2) is 84.4 Å². The number of halogens is 4. The summed E-state index contributed by atoms with van der Waals surface area (Å²) >= 11 is 14.0. The summed E-state index contributed by atoms with van der Waals surface area (Å²) in [5.74, 6) is -4.71. The number of aromatic nitrogens is 1. The van der Waals surface area contributed by atoms with Crippen molar-refractivity contribution in [2.45, 2.75) is 129 Å². The van der Waals surface area contributed by atoms with Gasteiger partial charge in [-0.05, 0) is 90.1 Å². The van der Waals surface area contributed by atoms with E-state index in [0.29, 0.717) is 18.4 Å². The number of thiazole rings is 1. The summed E-state index contributed by atoms with van der Waals surface area (Å²) in [6, 6.07) is 19.2. The molecule has 0 radical (unpaired) electrons. The molecule has 0 bridgehead atoms. The molecule has 4 aromatic carbocycles. The van der Waals surface area contributed by atoms with Crippen LogP contribution in [0, 0.1) is 40.7 Å². The monoisotopic (exact) mass is 1260 g/mol. The third-order valence-corrected chi connectivity index (χ3v) is 17.0. The summed E-state index contributed by atoms with van der Waals surface area (Å²) in [4.78, 5) is 75.4. The van der Waals surface area contributed by atoms with Crippen molar-refractivity contribution in [2.75, 3.05) is 71.8 Å². The van der Waals surface area contributed by atoms with E-state index in [1.165, 1.54) is 54.5 Å². The maximum absolute atomic E-state index is 16.2. The average molecular weight is 1260 g/mol. The molecule has 0 aliphatic carbocycles. The van der Waals surface area contributed by atoms with Crippen molar-refractivity contribution in [3.8, 4) is 22.3 Å². The summed E-state index contributed by atoms with van der Waals surface area (Å²) in [5, 5.41) is 30.6. The molecule has 17 nitrogen and oxygen atoms in total. The Morgan fingerprint density at radius 2 is 1.57 bits per heavy atom. The first kappa shape index (κ1) is 68.2. The van der Waals surface area contributed by atoms with Gasteiger partial charge in [-0.1, -0.05) is 107 Å². The predicted molar refractivity (Wildman–Crippen MR) is 329 cm³/mol. The molecule has 3 amide bonds. The second kappa shape index (κ2) is 30.8. The quantitative estimate of drug-likeness (QED) is 0.0258. The first-order valence-corrected chi connectivity index (χ1v) is 30.7. The molecule has 2 saturated heterocycles. The Kier molecular flexibility index (Phi) is 24.1. The number of aryl methyl sites for hydroxylation is 2. The number of carbonyl (C=O) groups is 5. The number of benzene rings is 4. The number of nitrogens with one attached hydrogen (secondary N) is 3. The first-order valence-electron chi connectivity index (χ1n) is 29.1. The minimum atomic E-state index is -1.83. The molecule has 2 aliphatic rings. The molecule has 0 spiro atoms. The Labute approximate surface area is 521 Å². The highest BCUT2D eigenvalue weighted by Gasteiger charge is 2.61. The van der Waals surface area contributed by atoms with Gasteiger partial charge in [-0.15, -0.1) is 11.3 Å². The van der Waals surface area contributed by atoms with E-state index in [9.17, 15) is 34.3 Å². The van der Waals surface area contributed by atoms with Gasteiger partial charge in [-0.2, -0.15) is 5.26 Å². The van der Waals surface area contributed by atoms with E-state index in [0.717, 1.165) is 27.8 Å². The average Bonchev–Trinajstić information content (AvgIpc) is 1.60. The van der Waals surface area contributed by atoms with Crippen LogP contribution in [0.25, 0.3) is 10.4 Å². The predicted octanol–water partition coefficient (Wildman–Crippen LogP) is 10.4. The molecule has 22 heteroatoms. The van der Waals surface area contributed by atoms with Gasteiger partial charge in [-0.25, -0.2) is 13.8 Å². The molecular formula is C65H78Cl2F2N6O11S. The van der Waals surface area contributed by atoms with E-state index < -0.39 is 81.8 Å². The first-order chi connectivity index (χ1) is 41.4. The summed E-state index contributed by atoms with van der Waals surface area (Å²) in [5.41, 5.74) is 2.25. The van der Waals surface area contributed by atoms with Gasteiger partial charge in [0.05, 0.1) is 97.8 Å². The number of rotatable bonds is 29. The zero-order chi connectivity index (χ0) is 63.2. The number of nitriles is 1. The molecule has 5 aromatic rings. The molecule has 2 fully saturated rings. The van der Waals surface area contributed by atoms with Gasteiger partial charge < -0.3 is 49.6 Å².